The Kier molecular flexibility index (Phi) is 5.33. The molecule has 0 unspecified atom stereocenters. The number of benzene rings is 1. The number of aromatic nitrogens is 1. The van der Waals surface area contributed by atoms with Crippen LogP contribution in [0.1, 0.15) is 20.3 Å². The lowest BCUT2D eigenvalue weighted by atomic mass is 10.0. The fourth-order valence-electron chi connectivity index (χ4n) is 2.38. The molecule has 9 nitrogen and oxygen atoms in total. The molecule has 0 saturated carbocycles. The highest BCUT2D eigenvalue weighted by atomic mass is 32.2. The molecule has 0 saturated heterocycles. The predicted molar refractivity (Wildman–Crippen MR) is 89.6 cm³/mol. The number of hydrogen-bond acceptors (Lipinski definition) is 6. The quantitative estimate of drug-likeness (QED) is 0.563. The van der Waals surface area contributed by atoms with Crippen LogP contribution in [0.25, 0.3) is 10.9 Å². The lowest BCUT2D eigenvalue weighted by Crippen LogP contribution is -2.44. The molecule has 0 radical (unpaired) electrons. The van der Waals surface area contributed by atoms with E-state index in [0.717, 1.165) is 12.1 Å². The van der Waals surface area contributed by atoms with Gasteiger partial charge in [-0.1, -0.05) is 20.3 Å². The van der Waals surface area contributed by atoms with Crippen molar-refractivity contribution >= 4 is 32.6 Å². The third-order valence-electron chi connectivity index (χ3n) is 3.96. The fraction of sp³-hybridized carbons (Fsp3) is 0.333. The van der Waals surface area contributed by atoms with Gasteiger partial charge in [-0.3, -0.25) is 19.9 Å². The van der Waals surface area contributed by atoms with Crippen LogP contribution in [0.5, 0.6) is 0 Å². The molecule has 1 aromatic heterocycles. The molecule has 0 aliphatic heterocycles. The summed E-state index contributed by atoms with van der Waals surface area (Å²) in [6.07, 6.45) is 1.77. The molecule has 2 rings (SSSR count). The van der Waals surface area contributed by atoms with E-state index in [2.05, 4.69) is 9.71 Å². The van der Waals surface area contributed by atoms with Crippen molar-refractivity contribution in [2.45, 2.75) is 31.2 Å². The molecule has 0 amide bonds. The number of sulfonamides is 1. The van der Waals surface area contributed by atoms with Gasteiger partial charge in [0, 0.05) is 12.3 Å². The molecule has 2 aromatic rings. The zero-order chi connectivity index (χ0) is 18.8. The van der Waals surface area contributed by atoms with Crippen LogP contribution in [-0.4, -0.2) is 35.4 Å². The minimum atomic E-state index is -4.24. The molecule has 0 bridgehead atoms. The van der Waals surface area contributed by atoms with Crippen molar-refractivity contribution in [3.63, 3.8) is 0 Å². The third-order valence-corrected chi connectivity index (χ3v) is 5.43. The molecule has 0 spiro atoms. The van der Waals surface area contributed by atoms with Gasteiger partial charge >= 0.3 is 5.97 Å². The molecule has 2 N–H and O–H groups in total. The van der Waals surface area contributed by atoms with Gasteiger partial charge in [-0.2, -0.15) is 4.72 Å². The van der Waals surface area contributed by atoms with Crippen molar-refractivity contribution in [1.82, 2.24) is 9.71 Å². The number of carboxylic acid groups (broad SMARTS) is 1. The second-order valence-electron chi connectivity index (χ2n) is 5.56. The first-order valence-corrected chi connectivity index (χ1v) is 8.94. The first-order chi connectivity index (χ1) is 11.7. The number of nitrogens with one attached hydrogen (secondary N) is 1. The zero-order valence-electron chi connectivity index (χ0n) is 13.5. The van der Waals surface area contributed by atoms with E-state index in [0.29, 0.717) is 6.42 Å². The minimum Gasteiger partial charge on any atom is -0.480 e. The van der Waals surface area contributed by atoms with Crippen molar-refractivity contribution in [3.05, 3.63) is 40.6 Å². The molecule has 0 fully saturated rings. The van der Waals surface area contributed by atoms with Crippen LogP contribution in [0, 0.1) is 16.0 Å². The average Bonchev–Trinajstić information content (AvgIpc) is 2.57. The molecular weight excluding hydrogens is 350 g/mol. The Bertz CT molecular complexity index is 928. The largest absolute Gasteiger partial charge is 0.480 e. The smallest absolute Gasteiger partial charge is 0.322 e. The van der Waals surface area contributed by atoms with E-state index < -0.39 is 32.9 Å². The lowest BCUT2D eigenvalue weighted by Gasteiger charge is -2.20. The summed E-state index contributed by atoms with van der Waals surface area (Å²) >= 11 is 0. The summed E-state index contributed by atoms with van der Waals surface area (Å²) in [6, 6.07) is 3.66. The summed E-state index contributed by atoms with van der Waals surface area (Å²) in [5, 5.41) is 20.5. The van der Waals surface area contributed by atoms with Crippen LogP contribution < -0.4 is 4.72 Å². The van der Waals surface area contributed by atoms with Crippen LogP contribution in [0.2, 0.25) is 0 Å². The number of non-ortho nitro benzene ring substituents is 1. The maximum absolute atomic E-state index is 12.7. The van der Waals surface area contributed by atoms with E-state index in [4.69, 9.17) is 0 Å². The van der Waals surface area contributed by atoms with E-state index in [1.165, 1.54) is 18.3 Å². The van der Waals surface area contributed by atoms with Gasteiger partial charge in [0.25, 0.3) is 5.69 Å². The normalized spacial score (nSPS) is 14.2. The summed E-state index contributed by atoms with van der Waals surface area (Å²) in [5.74, 6) is -1.73. The van der Waals surface area contributed by atoms with E-state index in [-0.39, 0.29) is 21.5 Å². The number of rotatable bonds is 7. The molecule has 134 valence electrons. The summed E-state index contributed by atoms with van der Waals surface area (Å²) < 4.78 is 27.5. The van der Waals surface area contributed by atoms with Crippen molar-refractivity contribution in [2.75, 3.05) is 0 Å². The molecule has 0 aliphatic carbocycles. The third kappa shape index (κ3) is 3.74. The zero-order valence-corrected chi connectivity index (χ0v) is 14.4. The van der Waals surface area contributed by atoms with E-state index in [9.17, 15) is 28.4 Å². The van der Waals surface area contributed by atoms with Gasteiger partial charge in [-0.15, -0.1) is 0 Å². The van der Waals surface area contributed by atoms with Gasteiger partial charge < -0.3 is 5.11 Å². The van der Waals surface area contributed by atoms with Crippen molar-refractivity contribution < 1.29 is 23.2 Å². The number of nitrogens with zero attached hydrogens (tertiary/aromatic N) is 2. The number of fused-ring (bicyclic) bond motifs is 1. The van der Waals surface area contributed by atoms with Crippen LogP contribution >= 0.6 is 0 Å². The van der Waals surface area contributed by atoms with Crippen LogP contribution in [0.4, 0.5) is 5.69 Å². The van der Waals surface area contributed by atoms with Crippen molar-refractivity contribution in [3.8, 4) is 0 Å². The van der Waals surface area contributed by atoms with Crippen LogP contribution in [-0.2, 0) is 14.8 Å². The average molecular weight is 367 g/mol. The van der Waals surface area contributed by atoms with Gasteiger partial charge in [-0.05, 0) is 24.1 Å². The fourth-order valence-corrected chi connectivity index (χ4v) is 3.84. The molecule has 25 heavy (non-hydrogen) atoms. The SMILES string of the molecule is CC[C@H](C)[C@H](NS(=O)(=O)c1ccc([N+](=O)[O-])c2cccnc12)C(=O)O. The topological polar surface area (TPSA) is 140 Å². The summed E-state index contributed by atoms with van der Waals surface area (Å²) in [6.45, 7) is 3.37. The van der Waals surface area contributed by atoms with Gasteiger partial charge in [0.2, 0.25) is 10.0 Å². The Hall–Kier alpha value is -2.59. The Balaban J connectivity index is 2.59. The number of aliphatic carboxylic acids is 1. The highest BCUT2D eigenvalue weighted by molar-refractivity contribution is 7.89. The second-order valence-corrected chi connectivity index (χ2v) is 7.24. The second kappa shape index (κ2) is 7.11. The Morgan fingerprint density at radius 2 is 2.08 bits per heavy atom. The molecule has 2 atom stereocenters. The van der Waals surface area contributed by atoms with Crippen molar-refractivity contribution in [2.24, 2.45) is 5.92 Å². The first kappa shape index (κ1) is 18.7. The minimum absolute atomic E-state index is 0.0609. The van der Waals surface area contributed by atoms with Crippen LogP contribution in [0.3, 0.4) is 0 Å². The predicted octanol–water partition coefficient (Wildman–Crippen LogP) is 1.92. The first-order valence-electron chi connectivity index (χ1n) is 7.46. The highest BCUT2D eigenvalue weighted by Crippen LogP contribution is 2.29. The Labute approximate surface area is 143 Å². The maximum atomic E-state index is 12.7. The number of carboxylic acids is 1. The lowest BCUT2D eigenvalue weighted by molar-refractivity contribution is -0.383. The van der Waals surface area contributed by atoms with Crippen molar-refractivity contribution in [1.29, 1.82) is 0 Å². The monoisotopic (exact) mass is 367 g/mol. The van der Waals surface area contributed by atoms with Crippen LogP contribution in [0.15, 0.2) is 35.4 Å². The molecular formula is C15H17N3O6S. The summed E-state index contributed by atoms with van der Waals surface area (Å²) in [7, 11) is -4.24. The van der Waals surface area contributed by atoms with Gasteiger partial charge in [-0.25, -0.2) is 8.42 Å². The number of carbonyl (C=O) groups is 1. The van der Waals surface area contributed by atoms with Gasteiger partial charge in [0.05, 0.1) is 15.8 Å². The maximum Gasteiger partial charge on any atom is 0.322 e. The molecule has 1 heterocycles. The van der Waals surface area contributed by atoms with Gasteiger partial charge in [0.15, 0.2) is 0 Å². The van der Waals surface area contributed by atoms with E-state index >= 15 is 0 Å². The Morgan fingerprint density at radius 3 is 2.64 bits per heavy atom. The summed E-state index contributed by atoms with van der Waals surface area (Å²) in [5.41, 5.74) is -0.365. The Morgan fingerprint density at radius 1 is 1.40 bits per heavy atom. The highest BCUT2D eigenvalue weighted by Gasteiger charge is 2.31. The molecule has 10 heteroatoms. The summed E-state index contributed by atoms with van der Waals surface area (Å²) in [4.78, 5) is 25.5. The standard InChI is InChI=1S/C15H17N3O6S/c1-3-9(2)13(15(19)20)17-25(23,24)12-7-6-11(18(21)22)10-5-4-8-16-14(10)12/h4-9,13,17H,3H2,1-2H3,(H,19,20)/t9-,13-/m0/s1. The van der Waals surface area contributed by atoms with Gasteiger partial charge in [0.1, 0.15) is 10.9 Å². The number of nitro groups is 1. The van der Waals surface area contributed by atoms with E-state index in [1.807, 2.05) is 0 Å². The molecule has 1 aromatic carbocycles. The number of hydrogen-bond donors (Lipinski definition) is 2. The molecule has 0 aliphatic rings. The van der Waals surface area contributed by atoms with E-state index in [1.54, 1.807) is 13.8 Å². The number of nitro benzene ring substituents is 1. The number of pyridine rings is 1.